The molecule has 0 aliphatic carbocycles. The summed E-state index contributed by atoms with van der Waals surface area (Å²) in [4.78, 5) is 0. The molecule has 1 aromatic carbocycles. The van der Waals surface area contributed by atoms with Gasteiger partial charge in [-0.05, 0) is 36.5 Å². The maximum atomic E-state index is 10.2. The number of phenolic OH excluding ortho intramolecular Hbond substituents is 1. The normalized spacial score (nSPS) is 15.9. The lowest BCUT2D eigenvalue weighted by atomic mass is 10.0. The molecule has 0 aliphatic heterocycles. The number of ether oxygens (including phenoxy) is 1. The summed E-state index contributed by atoms with van der Waals surface area (Å²) >= 11 is 0. The molecule has 0 amide bonds. The molecular weight excluding hydrogens is 268 g/mol. The van der Waals surface area contributed by atoms with Crippen LogP contribution >= 0.6 is 10.3 Å². The number of methoxy groups -OCH3 is 1. The van der Waals surface area contributed by atoms with Gasteiger partial charge in [0, 0.05) is 0 Å². The van der Waals surface area contributed by atoms with E-state index in [0.29, 0.717) is 5.56 Å². The van der Waals surface area contributed by atoms with Crippen molar-refractivity contribution in [1.82, 2.24) is 0 Å². The Balaban J connectivity index is 2.94. The number of hydrogen-bond donors (Lipinski definition) is 3. The smallest absolute Gasteiger partial charge is 0.160 e. The van der Waals surface area contributed by atoms with E-state index in [2.05, 4.69) is 0 Å². The Kier molecular flexibility index (Phi) is 5.49. The van der Waals surface area contributed by atoms with Crippen LogP contribution in [0, 0.1) is 0 Å². The van der Waals surface area contributed by atoms with Crippen LogP contribution < -0.4 is 4.74 Å². The zero-order valence-electron chi connectivity index (χ0n) is 11.7. The zero-order valence-corrected chi connectivity index (χ0v) is 12.5. The molecule has 0 saturated carbocycles. The molecule has 0 heterocycles. The summed E-state index contributed by atoms with van der Waals surface area (Å²) in [5, 5.41) is 29.1. The minimum absolute atomic E-state index is 0.00126. The lowest BCUT2D eigenvalue weighted by Gasteiger charge is -2.33. The molecular formula is C13H22O5S. The largest absolute Gasteiger partial charge is 0.504 e. The summed E-state index contributed by atoms with van der Waals surface area (Å²) in [5.74, 6) is 0.276. The van der Waals surface area contributed by atoms with Crippen LogP contribution in [0.1, 0.15) is 11.7 Å². The van der Waals surface area contributed by atoms with Crippen molar-refractivity contribution < 1.29 is 24.2 Å². The van der Waals surface area contributed by atoms with Crippen molar-refractivity contribution in [2.75, 3.05) is 32.5 Å². The van der Waals surface area contributed by atoms with Crippen LogP contribution in [0.5, 0.6) is 11.5 Å². The predicted octanol–water partition coefficient (Wildman–Crippen LogP) is 1.42. The van der Waals surface area contributed by atoms with Gasteiger partial charge < -0.3 is 24.2 Å². The minimum atomic E-state index is -1.31. The van der Waals surface area contributed by atoms with E-state index in [1.54, 1.807) is 6.07 Å². The Labute approximate surface area is 115 Å². The van der Waals surface area contributed by atoms with Crippen molar-refractivity contribution in [3.8, 4) is 11.5 Å². The Morgan fingerprint density at radius 1 is 1.26 bits per heavy atom. The fourth-order valence-corrected chi connectivity index (χ4v) is 2.55. The van der Waals surface area contributed by atoms with Gasteiger partial charge in [0.05, 0.1) is 13.7 Å². The highest BCUT2D eigenvalue weighted by molar-refractivity contribution is 8.28. The topological polar surface area (TPSA) is 79.2 Å². The lowest BCUT2D eigenvalue weighted by molar-refractivity contribution is 0.00925. The standard InChI is InChI=1S/C13H22O5S/c1-17-11-7-9(5-6-10(11)15)13(16)12(8-14)18-19(2,3)4/h5-7,12-16H,8H2,1-4H3. The van der Waals surface area contributed by atoms with Gasteiger partial charge in [-0.15, -0.1) is 10.3 Å². The third kappa shape index (κ3) is 4.58. The first-order valence-electron chi connectivity index (χ1n) is 5.81. The zero-order chi connectivity index (χ0) is 14.6. The summed E-state index contributed by atoms with van der Waals surface area (Å²) in [7, 11) is 0.122. The number of rotatable bonds is 6. The van der Waals surface area contributed by atoms with Crippen molar-refractivity contribution in [3.05, 3.63) is 23.8 Å². The maximum Gasteiger partial charge on any atom is 0.160 e. The van der Waals surface area contributed by atoms with Crippen LogP contribution in [0.2, 0.25) is 0 Å². The molecule has 2 unspecified atom stereocenters. The van der Waals surface area contributed by atoms with Crippen molar-refractivity contribution in [2.45, 2.75) is 12.2 Å². The monoisotopic (exact) mass is 290 g/mol. The maximum absolute atomic E-state index is 10.2. The first-order chi connectivity index (χ1) is 8.78. The van der Waals surface area contributed by atoms with Crippen LogP contribution in [-0.4, -0.2) is 53.9 Å². The van der Waals surface area contributed by atoms with Gasteiger partial charge in [-0.1, -0.05) is 6.07 Å². The summed E-state index contributed by atoms with van der Waals surface area (Å²) in [6.07, 6.45) is 4.11. The van der Waals surface area contributed by atoms with Crippen LogP contribution in [0.15, 0.2) is 18.2 Å². The number of aliphatic hydroxyl groups excluding tert-OH is 2. The molecule has 3 N–H and O–H groups in total. The molecule has 2 atom stereocenters. The highest BCUT2D eigenvalue weighted by Gasteiger charge is 2.25. The summed E-state index contributed by atoms with van der Waals surface area (Å²) < 4.78 is 10.7. The third-order valence-electron chi connectivity index (χ3n) is 2.49. The molecule has 0 fully saturated rings. The van der Waals surface area contributed by atoms with Gasteiger partial charge in [-0.2, -0.15) is 0 Å². The van der Waals surface area contributed by atoms with Crippen molar-refractivity contribution in [3.63, 3.8) is 0 Å². The second-order valence-electron chi connectivity index (χ2n) is 4.92. The molecule has 110 valence electrons. The Hall–Kier alpha value is -0.950. The van der Waals surface area contributed by atoms with E-state index in [9.17, 15) is 15.3 Å². The van der Waals surface area contributed by atoms with E-state index in [0.717, 1.165) is 0 Å². The van der Waals surface area contributed by atoms with Gasteiger partial charge in [0.2, 0.25) is 0 Å². The molecule has 1 aromatic rings. The molecule has 0 spiro atoms. The Morgan fingerprint density at radius 2 is 1.89 bits per heavy atom. The van der Waals surface area contributed by atoms with Gasteiger partial charge in [0.15, 0.2) is 11.5 Å². The molecule has 5 nitrogen and oxygen atoms in total. The van der Waals surface area contributed by atoms with Gasteiger partial charge in [-0.3, -0.25) is 0 Å². The molecule has 0 bridgehead atoms. The highest BCUT2D eigenvalue weighted by Crippen LogP contribution is 2.40. The van der Waals surface area contributed by atoms with Gasteiger partial charge in [0.25, 0.3) is 0 Å². The van der Waals surface area contributed by atoms with Crippen LogP contribution in [0.3, 0.4) is 0 Å². The summed E-state index contributed by atoms with van der Waals surface area (Å²) in [5.41, 5.74) is 0.525. The van der Waals surface area contributed by atoms with Gasteiger partial charge >= 0.3 is 0 Å². The predicted molar refractivity (Wildman–Crippen MR) is 76.9 cm³/mol. The summed E-state index contributed by atoms with van der Waals surface area (Å²) in [6, 6.07) is 4.55. The van der Waals surface area contributed by atoms with Crippen molar-refractivity contribution in [1.29, 1.82) is 0 Å². The highest BCUT2D eigenvalue weighted by atomic mass is 32.3. The van der Waals surface area contributed by atoms with E-state index < -0.39 is 22.5 Å². The molecule has 0 saturated heterocycles. The second-order valence-corrected chi connectivity index (χ2v) is 8.56. The molecule has 0 radical (unpaired) electrons. The Bertz CT molecular complexity index is 416. The number of aromatic hydroxyl groups is 1. The van der Waals surface area contributed by atoms with Crippen LogP contribution in [-0.2, 0) is 4.18 Å². The van der Waals surface area contributed by atoms with Gasteiger partial charge in [-0.25, -0.2) is 0 Å². The minimum Gasteiger partial charge on any atom is -0.504 e. The fourth-order valence-electron chi connectivity index (χ4n) is 1.65. The average Bonchev–Trinajstić information content (AvgIpc) is 2.34. The SMILES string of the molecule is COc1cc(C(O)C(CO)OS(C)(C)C)ccc1O. The molecule has 19 heavy (non-hydrogen) atoms. The first-order valence-corrected chi connectivity index (χ1v) is 8.59. The van der Waals surface area contributed by atoms with E-state index >= 15 is 0 Å². The quantitative estimate of drug-likeness (QED) is 0.738. The molecule has 0 aliphatic rings. The molecule has 0 aromatic heterocycles. The number of phenols is 1. The first kappa shape index (κ1) is 16.1. The lowest BCUT2D eigenvalue weighted by Crippen LogP contribution is -2.27. The third-order valence-corrected chi connectivity index (χ3v) is 3.31. The number of benzene rings is 1. The Morgan fingerprint density at radius 3 is 2.37 bits per heavy atom. The van der Waals surface area contributed by atoms with Crippen molar-refractivity contribution >= 4 is 10.3 Å². The molecule has 1 rings (SSSR count). The van der Waals surface area contributed by atoms with E-state index in [4.69, 9.17) is 8.92 Å². The fraction of sp³-hybridized carbons (Fsp3) is 0.538. The van der Waals surface area contributed by atoms with Crippen LogP contribution in [0.25, 0.3) is 0 Å². The number of hydrogen-bond acceptors (Lipinski definition) is 5. The van der Waals surface area contributed by atoms with Gasteiger partial charge in [0.1, 0.15) is 12.2 Å². The van der Waals surface area contributed by atoms with E-state index in [1.165, 1.54) is 19.2 Å². The summed E-state index contributed by atoms with van der Waals surface area (Å²) in [6.45, 7) is -0.283. The average molecular weight is 290 g/mol. The van der Waals surface area contributed by atoms with Crippen LogP contribution in [0.4, 0.5) is 0 Å². The van der Waals surface area contributed by atoms with E-state index in [-0.39, 0.29) is 18.1 Å². The molecule has 6 heteroatoms. The second kappa shape index (κ2) is 6.47. The van der Waals surface area contributed by atoms with E-state index in [1.807, 2.05) is 18.8 Å². The van der Waals surface area contributed by atoms with Crippen molar-refractivity contribution in [2.24, 2.45) is 0 Å². The number of aliphatic hydroxyl groups is 2.